The summed E-state index contributed by atoms with van der Waals surface area (Å²) in [6.45, 7) is 2.95. The van der Waals surface area contributed by atoms with E-state index in [1.165, 1.54) is 64.2 Å². The van der Waals surface area contributed by atoms with Gasteiger partial charge in [-0.25, -0.2) is 0 Å². The van der Waals surface area contributed by atoms with Crippen molar-refractivity contribution < 1.29 is 14.9 Å². The predicted molar refractivity (Wildman–Crippen MR) is 103 cm³/mol. The maximum Gasteiger partial charge on any atom is 0.100 e. The van der Waals surface area contributed by atoms with Crippen molar-refractivity contribution in [2.24, 2.45) is 0 Å². The lowest BCUT2D eigenvalue weighted by molar-refractivity contribution is 0.00526. The van der Waals surface area contributed by atoms with Crippen LogP contribution in [-0.4, -0.2) is 36.1 Å². The third kappa shape index (κ3) is 19.4. The first-order chi connectivity index (χ1) is 11.8. The summed E-state index contributed by atoms with van der Waals surface area (Å²) in [5.41, 5.74) is 0. The van der Waals surface area contributed by atoms with Crippen LogP contribution in [0.25, 0.3) is 0 Å². The van der Waals surface area contributed by atoms with Gasteiger partial charge in [0.25, 0.3) is 0 Å². The average Bonchev–Trinajstić information content (AvgIpc) is 2.60. The van der Waals surface area contributed by atoms with Crippen molar-refractivity contribution in [1.82, 2.24) is 0 Å². The zero-order chi connectivity index (χ0) is 17.7. The number of aliphatic hydroxyl groups is 2. The molecule has 0 aromatic heterocycles. The molecule has 0 aliphatic rings. The van der Waals surface area contributed by atoms with Crippen molar-refractivity contribution in [3.63, 3.8) is 0 Å². The number of ether oxygens (including phenoxy) is 1. The second-order valence-electron chi connectivity index (χ2n) is 6.50. The van der Waals surface area contributed by atoms with E-state index in [0.717, 1.165) is 12.8 Å². The topological polar surface area (TPSA) is 49.7 Å². The predicted octanol–water partition coefficient (Wildman–Crippen LogP) is 5.17. The van der Waals surface area contributed by atoms with Gasteiger partial charge in [0.15, 0.2) is 0 Å². The highest BCUT2D eigenvalue weighted by molar-refractivity contribution is 4.92. The maximum atomic E-state index is 9.11. The number of unbranched alkanes of at least 4 members (excludes halogenated alkanes) is 9. The summed E-state index contributed by atoms with van der Waals surface area (Å²) in [6, 6.07) is 0. The van der Waals surface area contributed by atoms with Crippen LogP contribution in [0.2, 0.25) is 0 Å². The summed E-state index contributed by atoms with van der Waals surface area (Å²) in [6.07, 6.45) is 23.3. The molecule has 0 heterocycles. The summed E-state index contributed by atoms with van der Waals surface area (Å²) in [4.78, 5) is 0. The highest BCUT2D eigenvalue weighted by atomic mass is 16.5. The van der Waals surface area contributed by atoms with Crippen molar-refractivity contribution in [3.05, 3.63) is 24.3 Å². The summed E-state index contributed by atoms with van der Waals surface area (Å²) in [5, 5.41) is 17.8. The van der Waals surface area contributed by atoms with E-state index in [9.17, 15) is 0 Å². The molecule has 0 bridgehead atoms. The number of rotatable bonds is 18. The number of aliphatic hydroxyl groups excluding tert-OH is 2. The Bertz CT molecular complexity index is 287. The SMILES string of the molecule is CCCC/C=C\C/C=C\CCCCCCCCCOCC(O)CO. The molecule has 0 aromatic rings. The molecule has 0 radical (unpaired) electrons. The molecule has 0 aromatic carbocycles. The lowest BCUT2D eigenvalue weighted by atomic mass is 10.1. The largest absolute Gasteiger partial charge is 0.394 e. The van der Waals surface area contributed by atoms with Crippen molar-refractivity contribution in [3.8, 4) is 0 Å². The highest BCUT2D eigenvalue weighted by Crippen LogP contribution is 2.09. The molecule has 0 aliphatic heterocycles. The van der Waals surface area contributed by atoms with E-state index in [1.54, 1.807) is 0 Å². The van der Waals surface area contributed by atoms with E-state index in [-0.39, 0.29) is 13.2 Å². The fourth-order valence-electron chi connectivity index (χ4n) is 2.45. The Balaban J connectivity index is 3.13. The smallest absolute Gasteiger partial charge is 0.100 e. The Hall–Kier alpha value is -0.640. The van der Waals surface area contributed by atoms with Crippen LogP contribution in [0.1, 0.15) is 84.0 Å². The van der Waals surface area contributed by atoms with E-state index in [2.05, 4.69) is 31.2 Å². The molecule has 1 unspecified atom stereocenters. The monoisotopic (exact) mass is 340 g/mol. The van der Waals surface area contributed by atoms with Crippen molar-refractivity contribution in [2.45, 2.75) is 90.1 Å². The van der Waals surface area contributed by atoms with Gasteiger partial charge in [-0.2, -0.15) is 0 Å². The molecule has 0 aliphatic carbocycles. The van der Waals surface area contributed by atoms with Gasteiger partial charge < -0.3 is 14.9 Å². The minimum atomic E-state index is -0.726. The third-order valence-electron chi connectivity index (χ3n) is 4.01. The molecule has 0 saturated heterocycles. The number of allylic oxidation sites excluding steroid dienone is 4. The lowest BCUT2D eigenvalue weighted by Gasteiger charge is -2.07. The number of hydrogen-bond acceptors (Lipinski definition) is 3. The van der Waals surface area contributed by atoms with Crippen LogP contribution in [0.3, 0.4) is 0 Å². The Kier molecular flexibility index (Phi) is 19.9. The van der Waals surface area contributed by atoms with Crippen LogP contribution in [0.5, 0.6) is 0 Å². The van der Waals surface area contributed by atoms with E-state index < -0.39 is 6.10 Å². The fraction of sp³-hybridized carbons (Fsp3) is 0.810. The molecule has 3 nitrogen and oxygen atoms in total. The van der Waals surface area contributed by atoms with E-state index in [0.29, 0.717) is 6.61 Å². The summed E-state index contributed by atoms with van der Waals surface area (Å²) >= 11 is 0. The molecular weight excluding hydrogens is 300 g/mol. The first-order valence-electron chi connectivity index (χ1n) is 9.98. The molecule has 2 N–H and O–H groups in total. The molecular formula is C21H40O3. The minimum absolute atomic E-state index is 0.217. The lowest BCUT2D eigenvalue weighted by Crippen LogP contribution is -2.19. The number of hydrogen-bond donors (Lipinski definition) is 2. The van der Waals surface area contributed by atoms with Gasteiger partial charge in [0, 0.05) is 6.61 Å². The van der Waals surface area contributed by atoms with Gasteiger partial charge in [-0.05, 0) is 32.1 Å². The van der Waals surface area contributed by atoms with E-state index >= 15 is 0 Å². The second kappa shape index (κ2) is 20.4. The highest BCUT2D eigenvalue weighted by Gasteiger charge is 2.00. The first-order valence-corrected chi connectivity index (χ1v) is 9.98. The van der Waals surface area contributed by atoms with Crippen LogP contribution < -0.4 is 0 Å². The van der Waals surface area contributed by atoms with Gasteiger partial charge in [0.05, 0.1) is 13.2 Å². The molecule has 142 valence electrons. The quantitative estimate of drug-likeness (QED) is 0.267. The van der Waals surface area contributed by atoms with Crippen LogP contribution in [-0.2, 0) is 4.74 Å². The summed E-state index contributed by atoms with van der Waals surface area (Å²) in [7, 11) is 0. The summed E-state index contributed by atoms with van der Waals surface area (Å²) < 4.78 is 5.28. The minimum Gasteiger partial charge on any atom is -0.394 e. The normalized spacial score (nSPS) is 13.3. The van der Waals surface area contributed by atoms with Gasteiger partial charge in [-0.1, -0.05) is 76.2 Å². The standard InChI is InChI=1S/C21H40O3/c1-2-3-4-5-6-7-8-9-10-11-12-13-14-15-16-17-18-24-20-21(23)19-22/h5-6,8-9,21-23H,2-4,7,10-20H2,1H3/b6-5-,9-8-. The van der Waals surface area contributed by atoms with Crippen LogP contribution >= 0.6 is 0 Å². The van der Waals surface area contributed by atoms with Gasteiger partial charge in [-0.15, -0.1) is 0 Å². The van der Waals surface area contributed by atoms with E-state index in [1.807, 2.05) is 0 Å². The summed E-state index contributed by atoms with van der Waals surface area (Å²) in [5.74, 6) is 0. The Morgan fingerprint density at radius 3 is 2.00 bits per heavy atom. The Morgan fingerprint density at radius 1 is 0.792 bits per heavy atom. The molecule has 3 heteroatoms. The van der Waals surface area contributed by atoms with Crippen molar-refractivity contribution in [1.29, 1.82) is 0 Å². The second-order valence-corrected chi connectivity index (χ2v) is 6.50. The molecule has 24 heavy (non-hydrogen) atoms. The molecule has 0 rings (SSSR count). The van der Waals surface area contributed by atoms with Gasteiger partial charge in [-0.3, -0.25) is 0 Å². The molecule has 0 amide bonds. The first kappa shape index (κ1) is 23.4. The van der Waals surface area contributed by atoms with Crippen LogP contribution in [0, 0.1) is 0 Å². The van der Waals surface area contributed by atoms with Gasteiger partial charge >= 0.3 is 0 Å². The van der Waals surface area contributed by atoms with Crippen molar-refractivity contribution >= 4 is 0 Å². The third-order valence-corrected chi connectivity index (χ3v) is 4.01. The fourth-order valence-corrected chi connectivity index (χ4v) is 2.45. The van der Waals surface area contributed by atoms with Crippen LogP contribution in [0.15, 0.2) is 24.3 Å². The zero-order valence-corrected chi connectivity index (χ0v) is 15.8. The van der Waals surface area contributed by atoms with Gasteiger partial charge in [0.2, 0.25) is 0 Å². The maximum absolute atomic E-state index is 9.11. The molecule has 0 spiro atoms. The van der Waals surface area contributed by atoms with E-state index in [4.69, 9.17) is 14.9 Å². The zero-order valence-electron chi connectivity index (χ0n) is 15.8. The molecule has 1 atom stereocenters. The van der Waals surface area contributed by atoms with Gasteiger partial charge in [0.1, 0.15) is 6.10 Å². The van der Waals surface area contributed by atoms with Crippen molar-refractivity contribution in [2.75, 3.05) is 19.8 Å². The Morgan fingerprint density at radius 2 is 1.38 bits per heavy atom. The average molecular weight is 341 g/mol. The molecule has 0 fully saturated rings. The van der Waals surface area contributed by atoms with Crippen LogP contribution in [0.4, 0.5) is 0 Å². The Labute approximate surface area is 149 Å². The molecule has 0 saturated carbocycles.